The minimum atomic E-state index is -1.20. The second-order valence-corrected chi connectivity index (χ2v) is 20.3. The molecule has 6 heterocycles. The van der Waals surface area contributed by atoms with Gasteiger partial charge in [-0.25, -0.2) is 32.8 Å². The van der Waals surface area contributed by atoms with Gasteiger partial charge in [-0.05, 0) is 76.8 Å². The van der Waals surface area contributed by atoms with Crippen molar-refractivity contribution in [3.05, 3.63) is 83.8 Å². The normalized spacial score (nSPS) is 19.8. The van der Waals surface area contributed by atoms with Gasteiger partial charge in [-0.3, -0.25) is 9.52 Å². The molecule has 3 aliphatic heterocycles. The van der Waals surface area contributed by atoms with Crippen molar-refractivity contribution in [2.24, 2.45) is 17.9 Å². The number of hydrogen-bond acceptors (Lipinski definition) is 16. The molecular formula is C48H64F3N15O5S. The fourth-order valence-corrected chi connectivity index (χ4v) is 10.2. The Morgan fingerprint density at radius 2 is 1.72 bits per heavy atom. The molecule has 2 fully saturated rings. The van der Waals surface area contributed by atoms with Crippen LogP contribution in [0.15, 0.2) is 66.2 Å². The quantitative estimate of drug-likeness (QED) is 0.0640. The fraction of sp³-hybridized carbons (Fsp3) is 0.521. The predicted molar refractivity (Wildman–Crippen MR) is 269 cm³/mol. The smallest absolute Gasteiger partial charge is 0.407 e. The molecule has 3 atom stereocenters. The number of carbonyl (C=O) groups is 2. The van der Waals surface area contributed by atoms with Gasteiger partial charge in [-0.2, -0.15) is 20.1 Å². The number of benzene rings is 2. The molecule has 3 aromatic heterocycles. The molecule has 0 aliphatic carbocycles. The SMILES string of the molecule is COc1nn(CCCN2CCN(CCCON(C)C(=O)N3N=C(c4cc(F)ccc4F)S[C@@]3(CCCNC(=O)OC(C)(C)C)c3ccccc3)CC2)cc1Nc1nc(N2C[C@@H](N)[C@H](F)C2)nc2c1ncn2C. The summed E-state index contributed by atoms with van der Waals surface area (Å²) in [6.07, 6.45) is 3.97. The summed E-state index contributed by atoms with van der Waals surface area (Å²) in [5, 5.41) is 18.0. The number of methoxy groups -OCH3 is 1. The first-order chi connectivity index (χ1) is 34.5. The average molecular weight is 1020 g/mol. The number of amides is 3. The summed E-state index contributed by atoms with van der Waals surface area (Å²) in [6, 6.07) is 11.2. The number of hydrogen-bond donors (Lipinski definition) is 3. The topological polar surface area (TPSA) is 202 Å². The van der Waals surface area contributed by atoms with E-state index < -0.39 is 46.4 Å². The Labute approximate surface area is 421 Å². The van der Waals surface area contributed by atoms with Crippen LogP contribution in [-0.4, -0.2) is 164 Å². The van der Waals surface area contributed by atoms with Crippen LogP contribution in [0.3, 0.4) is 0 Å². The van der Waals surface area contributed by atoms with Crippen molar-refractivity contribution in [2.75, 3.05) is 89.9 Å². The molecule has 5 aromatic rings. The molecular weight excluding hydrogens is 956 g/mol. The number of carbonyl (C=O) groups excluding carboxylic acids is 2. The van der Waals surface area contributed by atoms with E-state index in [1.165, 1.54) is 12.1 Å². The second-order valence-electron chi connectivity index (χ2n) is 19.1. The van der Waals surface area contributed by atoms with Crippen molar-refractivity contribution in [3.63, 3.8) is 0 Å². The highest BCUT2D eigenvalue weighted by Gasteiger charge is 2.50. The molecule has 72 heavy (non-hydrogen) atoms. The first-order valence-corrected chi connectivity index (χ1v) is 24.9. The lowest BCUT2D eigenvalue weighted by Gasteiger charge is -2.37. The number of imidazole rings is 1. The molecule has 8 rings (SSSR count). The molecule has 0 radical (unpaired) electrons. The third-order valence-corrected chi connectivity index (χ3v) is 14.0. The van der Waals surface area contributed by atoms with Gasteiger partial charge in [0.1, 0.15) is 39.0 Å². The Morgan fingerprint density at radius 1 is 0.986 bits per heavy atom. The first kappa shape index (κ1) is 52.1. The summed E-state index contributed by atoms with van der Waals surface area (Å²) < 4.78 is 58.8. The molecule has 388 valence electrons. The lowest BCUT2D eigenvalue weighted by atomic mass is 10.0. The Morgan fingerprint density at radius 3 is 2.42 bits per heavy atom. The van der Waals surface area contributed by atoms with Gasteiger partial charge in [-0.15, -0.1) is 5.10 Å². The highest BCUT2D eigenvalue weighted by molar-refractivity contribution is 8.15. The summed E-state index contributed by atoms with van der Waals surface area (Å²) in [6.45, 7) is 12.0. The van der Waals surface area contributed by atoms with Gasteiger partial charge >= 0.3 is 12.1 Å². The van der Waals surface area contributed by atoms with Crippen molar-refractivity contribution in [1.29, 1.82) is 0 Å². The van der Waals surface area contributed by atoms with Gasteiger partial charge in [0.15, 0.2) is 17.0 Å². The predicted octanol–water partition coefficient (Wildman–Crippen LogP) is 6.03. The van der Waals surface area contributed by atoms with Crippen LogP contribution in [0.1, 0.15) is 57.6 Å². The van der Waals surface area contributed by atoms with Crippen LogP contribution in [0.4, 0.5) is 40.2 Å². The Balaban J connectivity index is 0.820. The molecule has 4 N–H and O–H groups in total. The summed E-state index contributed by atoms with van der Waals surface area (Å²) >= 11 is 1.15. The van der Waals surface area contributed by atoms with Gasteiger partial charge in [0.2, 0.25) is 5.95 Å². The number of urea groups is 1. The van der Waals surface area contributed by atoms with Gasteiger partial charge in [0.25, 0.3) is 5.88 Å². The molecule has 2 aromatic carbocycles. The monoisotopic (exact) mass is 1020 g/mol. The van der Waals surface area contributed by atoms with E-state index in [4.69, 9.17) is 25.0 Å². The Bertz CT molecular complexity index is 2690. The first-order valence-electron chi connectivity index (χ1n) is 24.1. The zero-order valence-electron chi connectivity index (χ0n) is 41.6. The van der Waals surface area contributed by atoms with E-state index in [0.717, 1.165) is 80.7 Å². The van der Waals surface area contributed by atoms with E-state index >= 15 is 4.39 Å². The maximum Gasteiger partial charge on any atom is 0.407 e. The number of aryl methyl sites for hydroxylation is 2. The number of fused-ring (bicyclic) bond motifs is 1. The average Bonchev–Trinajstić information content (AvgIpc) is 4.14. The highest BCUT2D eigenvalue weighted by Crippen LogP contribution is 2.51. The van der Waals surface area contributed by atoms with E-state index in [1.807, 2.05) is 48.3 Å². The standard InChI is InChI=1S/C48H64F3N15O5S/c1-47(2,3)71-45(67)53-18-10-17-48(32-13-8-7-9-14-32)66(59-43(72-48)34-27-33(49)15-16-35(34)50)46(68)61(5)70-26-12-20-63-24-22-62(23-25-63)19-11-21-65-30-38(42(58-65)69-6)55-40-39-41(60(4)31-54-39)57-44(56-40)64-28-36(51)37(52)29-64/h7-9,13-16,27,30-31,36-37H,10-12,17-26,28-29,52H2,1-6H3,(H,53,67)(H,55,56,57)/t36-,37-,48+/m1/s1. The largest absolute Gasteiger partial charge is 0.478 e. The highest BCUT2D eigenvalue weighted by atomic mass is 32.2. The molecule has 0 saturated carbocycles. The number of hydroxylamine groups is 2. The van der Waals surface area contributed by atoms with Crippen LogP contribution in [0, 0.1) is 11.6 Å². The van der Waals surface area contributed by atoms with Gasteiger partial charge < -0.3 is 45.1 Å². The number of nitrogens with two attached hydrogens (primary N) is 1. The number of alkyl carbamates (subject to hydrolysis) is 1. The number of aromatic nitrogens is 6. The van der Waals surface area contributed by atoms with Crippen LogP contribution >= 0.6 is 11.8 Å². The zero-order valence-corrected chi connectivity index (χ0v) is 42.4. The molecule has 24 heteroatoms. The molecule has 20 nitrogen and oxygen atoms in total. The summed E-state index contributed by atoms with van der Waals surface area (Å²) in [5.41, 5.74) is 7.68. The molecule has 3 aliphatic rings. The van der Waals surface area contributed by atoms with E-state index in [1.54, 1.807) is 43.7 Å². The molecule has 3 amide bonds. The molecule has 0 spiro atoms. The van der Waals surface area contributed by atoms with E-state index in [-0.39, 0.29) is 36.7 Å². The number of nitrogens with one attached hydrogen (secondary N) is 2. The molecule has 0 bridgehead atoms. The Kier molecular flexibility index (Phi) is 16.4. The number of hydrazone groups is 1. The van der Waals surface area contributed by atoms with E-state index in [0.29, 0.717) is 66.0 Å². The van der Waals surface area contributed by atoms with Crippen molar-refractivity contribution in [1.82, 2.24) is 54.5 Å². The number of piperazine rings is 1. The summed E-state index contributed by atoms with van der Waals surface area (Å²) in [4.78, 5) is 52.1. The van der Waals surface area contributed by atoms with Crippen LogP contribution < -0.4 is 26.0 Å². The lowest BCUT2D eigenvalue weighted by Crippen LogP contribution is -2.48. The zero-order chi connectivity index (χ0) is 51.2. The van der Waals surface area contributed by atoms with Crippen molar-refractivity contribution in [2.45, 2.75) is 75.7 Å². The third-order valence-electron chi connectivity index (χ3n) is 12.5. The fourth-order valence-electron chi connectivity index (χ4n) is 8.81. The van der Waals surface area contributed by atoms with Gasteiger partial charge in [0.05, 0.1) is 38.8 Å². The minimum Gasteiger partial charge on any atom is -0.478 e. The minimum absolute atomic E-state index is 0.0709. The summed E-state index contributed by atoms with van der Waals surface area (Å²) in [5.74, 6) is -0.109. The van der Waals surface area contributed by atoms with Crippen LogP contribution in [-0.2, 0) is 28.0 Å². The maximum absolute atomic E-state index is 15.3. The third kappa shape index (κ3) is 12.3. The van der Waals surface area contributed by atoms with Crippen LogP contribution in [0.5, 0.6) is 5.88 Å². The number of nitrogens with zero attached hydrogens (tertiary/aromatic N) is 12. The molecule has 0 unspecified atom stereocenters. The Hall–Kier alpha value is -6.21. The lowest BCUT2D eigenvalue weighted by molar-refractivity contribution is -0.113. The van der Waals surface area contributed by atoms with Crippen LogP contribution in [0.2, 0.25) is 0 Å². The van der Waals surface area contributed by atoms with Gasteiger partial charge in [-0.1, -0.05) is 42.1 Å². The summed E-state index contributed by atoms with van der Waals surface area (Å²) in [7, 11) is 4.91. The number of alkyl halides is 1. The van der Waals surface area contributed by atoms with Crippen LogP contribution in [0.25, 0.3) is 11.2 Å². The second kappa shape index (κ2) is 22.7. The van der Waals surface area contributed by atoms with Crippen molar-refractivity contribution < 1.29 is 37.1 Å². The number of halogens is 3. The molecule has 2 saturated heterocycles. The van der Waals surface area contributed by atoms with Crippen molar-refractivity contribution >= 4 is 57.5 Å². The van der Waals surface area contributed by atoms with Gasteiger partial charge in [0, 0.05) is 72.0 Å². The number of ether oxygens (including phenoxy) is 2. The number of thioether (sulfide) groups is 1. The van der Waals surface area contributed by atoms with E-state index in [9.17, 15) is 18.4 Å². The number of rotatable bonds is 19. The number of anilines is 3. The van der Waals surface area contributed by atoms with Crippen molar-refractivity contribution in [3.8, 4) is 5.88 Å². The maximum atomic E-state index is 15.3. The van der Waals surface area contributed by atoms with E-state index in [2.05, 4.69) is 40.6 Å².